The van der Waals surface area contributed by atoms with Gasteiger partial charge in [0.2, 0.25) is 0 Å². The number of carbonyl (C=O) groups is 2. The second-order valence-electron chi connectivity index (χ2n) is 8.13. The number of nitrogens with zero attached hydrogens (tertiary/aromatic N) is 2. The predicted octanol–water partition coefficient (Wildman–Crippen LogP) is 5.10. The fourth-order valence-electron chi connectivity index (χ4n) is 3.10. The lowest BCUT2D eigenvalue weighted by molar-refractivity contribution is -0.123. The summed E-state index contributed by atoms with van der Waals surface area (Å²) in [6, 6.07) is 15.0. The SMILES string of the molecule is Cc1ccc(NC(=O)COc2ccccc2/C=C2/SC(=NC(C)C)N(C(C)C)C2=O)cc1. The number of amides is 2. The highest BCUT2D eigenvalue weighted by Gasteiger charge is 2.35. The van der Waals surface area contributed by atoms with Crippen LogP contribution in [0.4, 0.5) is 5.69 Å². The van der Waals surface area contributed by atoms with Gasteiger partial charge >= 0.3 is 0 Å². The molecular formula is C25H29N3O3S. The monoisotopic (exact) mass is 451 g/mol. The molecule has 168 valence electrons. The number of nitrogens with one attached hydrogen (secondary N) is 1. The number of aliphatic imine (C=N–C) groups is 1. The molecule has 2 amide bonds. The van der Waals surface area contributed by atoms with Gasteiger partial charge in [0.25, 0.3) is 11.8 Å². The van der Waals surface area contributed by atoms with Gasteiger partial charge in [-0.1, -0.05) is 35.9 Å². The highest BCUT2D eigenvalue weighted by molar-refractivity contribution is 8.18. The molecule has 0 unspecified atom stereocenters. The van der Waals surface area contributed by atoms with Crippen LogP contribution in [0.5, 0.6) is 5.75 Å². The van der Waals surface area contributed by atoms with Crippen LogP contribution in [-0.4, -0.2) is 40.6 Å². The molecule has 1 heterocycles. The Morgan fingerprint density at radius 3 is 2.47 bits per heavy atom. The van der Waals surface area contributed by atoms with Crippen LogP contribution in [0.1, 0.15) is 38.8 Å². The van der Waals surface area contributed by atoms with E-state index < -0.39 is 0 Å². The minimum Gasteiger partial charge on any atom is -0.483 e. The summed E-state index contributed by atoms with van der Waals surface area (Å²) < 4.78 is 5.79. The number of carbonyl (C=O) groups excluding carboxylic acids is 2. The molecule has 1 saturated heterocycles. The zero-order valence-corrected chi connectivity index (χ0v) is 19.9. The highest BCUT2D eigenvalue weighted by atomic mass is 32.2. The summed E-state index contributed by atoms with van der Waals surface area (Å²) in [4.78, 5) is 32.2. The number of hydrogen-bond donors (Lipinski definition) is 1. The molecule has 0 aliphatic carbocycles. The Morgan fingerprint density at radius 2 is 1.81 bits per heavy atom. The molecule has 32 heavy (non-hydrogen) atoms. The molecule has 1 aliphatic heterocycles. The first-order valence-electron chi connectivity index (χ1n) is 10.6. The van der Waals surface area contributed by atoms with Gasteiger partial charge in [0.1, 0.15) is 5.75 Å². The standard InChI is InChI=1S/C25H29N3O3S/c1-16(2)26-25-28(17(3)4)24(30)22(32-25)14-19-8-6-7-9-21(19)31-15-23(29)27-20-12-10-18(5)11-13-20/h6-14,16-17H,15H2,1-5H3,(H,27,29)/b22-14+,26-25?. The van der Waals surface area contributed by atoms with Gasteiger partial charge in [0.05, 0.1) is 4.91 Å². The maximum atomic E-state index is 13.0. The van der Waals surface area contributed by atoms with E-state index in [0.29, 0.717) is 15.8 Å². The quantitative estimate of drug-likeness (QED) is 0.595. The Bertz CT molecular complexity index is 1040. The average Bonchev–Trinajstić information content (AvgIpc) is 3.03. The summed E-state index contributed by atoms with van der Waals surface area (Å²) in [7, 11) is 0. The molecule has 6 nitrogen and oxygen atoms in total. The maximum Gasteiger partial charge on any atom is 0.266 e. The molecule has 0 radical (unpaired) electrons. The van der Waals surface area contributed by atoms with Crippen molar-refractivity contribution in [2.45, 2.75) is 46.7 Å². The van der Waals surface area contributed by atoms with Crippen LogP contribution < -0.4 is 10.1 Å². The Kier molecular flexibility index (Phi) is 7.75. The van der Waals surface area contributed by atoms with Crippen LogP contribution in [0.2, 0.25) is 0 Å². The molecule has 0 saturated carbocycles. The second kappa shape index (κ2) is 10.5. The molecule has 3 rings (SSSR count). The molecule has 2 aromatic rings. The van der Waals surface area contributed by atoms with Crippen molar-refractivity contribution in [3.8, 4) is 5.75 Å². The van der Waals surface area contributed by atoms with E-state index in [0.717, 1.165) is 16.8 Å². The van der Waals surface area contributed by atoms with Crippen molar-refractivity contribution in [2.24, 2.45) is 4.99 Å². The van der Waals surface area contributed by atoms with E-state index in [1.54, 1.807) is 17.0 Å². The van der Waals surface area contributed by atoms with E-state index in [1.807, 2.05) is 77.1 Å². The van der Waals surface area contributed by atoms with Crippen molar-refractivity contribution in [2.75, 3.05) is 11.9 Å². The van der Waals surface area contributed by atoms with Crippen molar-refractivity contribution in [1.82, 2.24) is 4.90 Å². The van der Waals surface area contributed by atoms with E-state index in [4.69, 9.17) is 4.74 Å². The van der Waals surface area contributed by atoms with Gasteiger partial charge in [0.15, 0.2) is 11.8 Å². The molecule has 2 aromatic carbocycles. The summed E-state index contributed by atoms with van der Waals surface area (Å²) in [5, 5.41) is 3.53. The van der Waals surface area contributed by atoms with Gasteiger partial charge in [-0.3, -0.25) is 19.5 Å². The molecule has 0 bridgehead atoms. The second-order valence-corrected chi connectivity index (χ2v) is 9.13. The first kappa shape index (κ1) is 23.6. The van der Waals surface area contributed by atoms with Gasteiger partial charge < -0.3 is 10.1 Å². The zero-order chi connectivity index (χ0) is 23.3. The third-order valence-electron chi connectivity index (χ3n) is 4.62. The average molecular weight is 452 g/mol. The third kappa shape index (κ3) is 6.01. The molecule has 1 fully saturated rings. The largest absolute Gasteiger partial charge is 0.483 e. The summed E-state index contributed by atoms with van der Waals surface area (Å²) in [6.45, 7) is 9.78. The molecular weight excluding hydrogens is 422 g/mol. The first-order valence-corrected chi connectivity index (χ1v) is 11.5. The van der Waals surface area contributed by atoms with E-state index in [-0.39, 0.29) is 30.5 Å². The lowest BCUT2D eigenvalue weighted by Gasteiger charge is -2.20. The van der Waals surface area contributed by atoms with Crippen LogP contribution in [0.25, 0.3) is 6.08 Å². The third-order valence-corrected chi connectivity index (χ3v) is 5.62. The fraction of sp³-hybridized carbons (Fsp3) is 0.320. The molecule has 0 spiro atoms. The van der Waals surface area contributed by atoms with Crippen LogP contribution in [0.15, 0.2) is 58.4 Å². The summed E-state index contributed by atoms with van der Waals surface area (Å²) in [6.07, 6.45) is 1.80. The Morgan fingerprint density at radius 1 is 1.12 bits per heavy atom. The van der Waals surface area contributed by atoms with Crippen molar-refractivity contribution < 1.29 is 14.3 Å². The lowest BCUT2D eigenvalue weighted by Crippen LogP contribution is -2.35. The van der Waals surface area contributed by atoms with E-state index in [2.05, 4.69) is 10.3 Å². The Balaban J connectivity index is 1.74. The van der Waals surface area contributed by atoms with E-state index in [1.165, 1.54) is 11.8 Å². The zero-order valence-electron chi connectivity index (χ0n) is 19.1. The number of benzene rings is 2. The minimum absolute atomic E-state index is 0.00960. The van der Waals surface area contributed by atoms with E-state index >= 15 is 0 Å². The Labute approximate surface area is 193 Å². The topological polar surface area (TPSA) is 71.0 Å². The molecule has 1 aliphatic rings. The van der Waals surface area contributed by atoms with Gasteiger partial charge in [0, 0.05) is 23.3 Å². The molecule has 1 N–H and O–H groups in total. The van der Waals surface area contributed by atoms with Crippen LogP contribution in [0.3, 0.4) is 0 Å². The van der Waals surface area contributed by atoms with Gasteiger partial charge in [-0.2, -0.15) is 0 Å². The number of anilines is 1. The lowest BCUT2D eigenvalue weighted by atomic mass is 10.2. The van der Waals surface area contributed by atoms with Crippen LogP contribution in [0, 0.1) is 6.92 Å². The van der Waals surface area contributed by atoms with Crippen LogP contribution >= 0.6 is 11.8 Å². The number of para-hydroxylation sites is 1. The van der Waals surface area contributed by atoms with Gasteiger partial charge in [-0.05, 0) is 70.7 Å². The summed E-state index contributed by atoms with van der Waals surface area (Å²) in [5.74, 6) is 0.217. The maximum absolute atomic E-state index is 13.0. The number of ether oxygens (including phenoxy) is 1. The minimum atomic E-state index is -0.250. The highest BCUT2D eigenvalue weighted by Crippen LogP contribution is 2.35. The number of aryl methyl sites for hydroxylation is 1. The molecule has 0 atom stereocenters. The summed E-state index contributed by atoms with van der Waals surface area (Å²) in [5.41, 5.74) is 2.58. The van der Waals surface area contributed by atoms with Crippen molar-refractivity contribution in [3.63, 3.8) is 0 Å². The van der Waals surface area contributed by atoms with Crippen molar-refractivity contribution in [1.29, 1.82) is 0 Å². The predicted molar refractivity (Wildman–Crippen MR) is 132 cm³/mol. The fourth-order valence-corrected chi connectivity index (χ4v) is 4.33. The van der Waals surface area contributed by atoms with Crippen molar-refractivity contribution >= 4 is 40.5 Å². The molecule has 7 heteroatoms. The number of hydrogen-bond acceptors (Lipinski definition) is 5. The van der Waals surface area contributed by atoms with Gasteiger partial charge in [-0.25, -0.2) is 0 Å². The Hall–Kier alpha value is -3.06. The van der Waals surface area contributed by atoms with Gasteiger partial charge in [-0.15, -0.1) is 0 Å². The van der Waals surface area contributed by atoms with Crippen molar-refractivity contribution in [3.05, 3.63) is 64.6 Å². The smallest absolute Gasteiger partial charge is 0.266 e. The number of rotatable bonds is 7. The normalized spacial score (nSPS) is 16.5. The number of amidine groups is 1. The summed E-state index contributed by atoms with van der Waals surface area (Å²) >= 11 is 1.37. The van der Waals surface area contributed by atoms with E-state index in [9.17, 15) is 9.59 Å². The number of thioether (sulfide) groups is 1. The van der Waals surface area contributed by atoms with Crippen LogP contribution in [-0.2, 0) is 9.59 Å². The first-order chi connectivity index (χ1) is 15.2. The molecule has 0 aromatic heterocycles.